The maximum atomic E-state index is 5.90. The highest BCUT2D eigenvalue weighted by molar-refractivity contribution is 5.41. The van der Waals surface area contributed by atoms with E-state index < -0.39 is 0 Å². The smallest absolute Gasteiger partial charge is 0.132 e. The van der Waals surface area contributed by atoms with Crippen molar-refractivity contribution in [3.63, 3.8) is 0 Å². The van der Waals surface area contributed by atoms with Crippen LogP contribution in [0.4, 0.5) is 5.82 Å². The lowest BCUT2D eigenvalue weighted by molar-refractivity contribution is 0.345. The van der Waals surface area contributed by atoms with Crippen LogP contribution in [0.3, 0.4) is 0 Å². The van der Waals surface area contributed by atoms with E-state index in [2.05, 4.69) is 74.2 Å². The van der Waals surface area contributed by atoms with Crippen LogP contribution in [0.5, 0.6) is 0 Å². The van der Waals surface area contributed by atoms with Crippen LogP contribution in [0.1, 0.15) is 41.7 Å². The fourth-order valence-electron chi connectivity index (χ4n) is 3.34. The predicted octanol–water partition coefficient (Wildman–Crippen LogP) is 0.433. The average molecular weight is 340 g/mol. The van der Waals surface area contributed by atoms with Crippen LogP contribution in [0.25, 0.3) is 0 Å². The van der Waals surface area contributed by atoms with Crippen molar-refractivity contribution in [3.05, 3.63) is 53.5 Å². The predicted molar refractivity (Wildman–Crippen MR) is 95.8 cm³/mol. The molecule has 1 saturated heterocycles. The van der Waals surface area contributed by atoms with E-state index in [1.807, 2.05) is 0 Å². The summed E-state index contributed by atoms with van der Waals surface area (Å²) in [5.74, 6) is 1.42. The molecule has 0 atom stereocenters. The highest BCUT2D eigenvalue weighted by Crippen LogP contribution is 2.35. The number of hydrogen-bond acceptors (Lipinski definition) is 8. The third-order valence-electron chi connectivity index (χ3n) is 4.86. The highest BCUT2D eigenvalue weighted by atomic mass is 15.8. The van der Waals surface area contributed by atoms with Gasteiger partial charge in [0.1, 0.15) is 18.3 Å². The van der Waals surface area contributed by atoms with Gasteiger partial charge in [0.25, 0.3) is 0 Å². The molecule has 1 aromatic carbocycles. The van der Waals surface area contributed by atoms with E-state index in [1.165, 1.54) is 5.56 Å². The van der Waals surface area contributed by atoms with E-state index in [0.29, 0.717) is 12.0 Å². The van der Waals surface area contributed by atoms with Crippen molar-refractivity contribution >= 4 is 5.82 Å². The van der Waals surface area contributed by atoms with Gasteiger partial charge in [-0.05, 0) is 24.0 Å². The number of hydrazine groups is 3. The Bertz CT molecular complexity index is 724. The van der Waals surface area contributed by atoms with Gasteiger partial charge in [0.05, 0.1) is 0 Å². The number of rotatable bonds is 5. The number of aromatic nitrogens is 2. The molecule has 8 heteroatoms. The summed E-state index contributed by atoms with van der Waals surface area (Å²) in [6, 6.07) is 10.9. The normalized spacial score (nSPS) is 23.4. The Kier molecular flexibility index (Phi) is 4.60. The SMILES string of the molecule is CN(Cc1cccc(C2NNNN2)c1)c1cc(C2CC(N)C2)ncn1. The summed E-state index contributed by atoms with van der Waals surface area (Å²) in [7, 11) is 2.06. The van der Waals surface area contributed by atoms with Gasteiger partial charge in [-0.3, -0.25) is 0 Å². The molecule has 0 bridgehead atoms. The van der Waals surface area contributed by atoms with Crippen LogP contribution < -0.4 is 32.6 Å². The van der Waals surface area contributed by atoms with Crippen LogP contribution in [0.15, 0.2) is 36.7 Å². The first-order chi connectivity index (χ1) is 12.2. The minimum Gasteiger partial charge on any atom is -0.355 e. The molecule has 132 valence electrons. The lowest BCUT2D eigenvalue weighted by Gasteiger charge is -2.32. The second kappa shape index (κ2) is 7.03. The molecule has 0 radical (unpaired) electrons. The minimum atomic E-state index is 0.0405. The number of nitrogens with zero attached hydrogens (tertiary/aromatic N) is 3. The van der Waals surface area contributed by atoms with Crippen LogP contribution in [-0.4, -0.2) is 23.1 Å². The van der Waals surface area contributed by atoms with Crippen molar-refractivity contribution in [2.45, 2.75) is 37.5 Å². The van der Waals surface area contributed by atoms with Gasteiger partial charge in [-0.2, -0.15) is 11.1 Å². The van der Waals surface area contributed by atoms with Gasteiger partial charge in [0.2, 0.25) is 0 Å². The number of hydrogen-bond donors (Lipinski definition) is 5. The molecule has 8 nitrogen and oxygen atoms in total. The molecule has 0 unspecified atom stereocenters. The lowest BCUT2D eigenvalue weighted by atomic mass is 9.78. The Morgan fingerprint density at radius 1 is 1.16 bits per heavy atom. The molecule has 0 amide bonds. The zero-order valence-corrected chi connectivity index (χ0v) is 14.2. The molecule has 4 rings (SSSR count). The second-order valence-corrected chi connectivity index (χ2v) is 6.80. The van der Waals surface area contributed by atoms with Gasteiger partial charge in [0.15, 0.2) is 0 Å². The van der Waals surface area contributed by atoms with E-state index in [0.717, 1.165) is 36.5 Å². The van der Waals surface area contributed by atoms with Gasteiger partial charge in [-0.25, -0.2) is 20.8 Å². The van der Waals surface area contributed by atoms with Crippen molar-refractivity contribution in [2.75, 3.05) is 11.9 Å². The first kappa shape index (κ1) is 16.4. The number of nitrogens with two attached hydrogens (primary N) is 1. The number of anilines is 1. The fraction of sp³-hybridized carbons (Fsp3) is 0.412. The molecule has 2 aromatic rings. The van der Waals surface area contributed by atoms with Gasteiger partial charge >= 0.3 is 0 Å². The van der Waals surface area contributed by atoms with Crippen molar-refractivity contribution < 1.29 is 0 Å². The third-order valence-corrected chi connectivity index (χ3v) is 4.86. The first-order valence-electron chi connectivity index (χ1n) is 8.57. The van der Waals surface area contributed by atoms with Crippen molar-refractivity contribution in [1.29, 1.82) is 0 Å². The number of benzene rings is 1. The monoisotopic (exact) mass is 340 g/mol. The summed E-state index contributed by atoms with van der Waals surface area (Å²) >= 11 is 0. The Labute approximate surface area is 147 Å². The molecular weight excluding hydrogens is 316 g/mol. The van der Waals surface area contributed by atoms with Crippen molar-refractivity contribution in [2.24, 2.45) is 5.73 Å². The topological polar surface area (TPSA) is 103 Å². The van der Waals surface area contributed by atoms with Crippen LogP contribution in [0.2, 0.25) is 0 Å². The van der Waals surface area contributed by atoms with Gasteiger partial charge < -0.3 is 10.6 Å². The molecule has 6 N–H and O–H groups in total. The van der Waals surface area contributed by atoms with Crippen molar-refractivity contribution in [1.82, 2.24) is 31.9 Å². The molecule has 2 fully saturated rings. The number of nitrogens with one attached hydrogen (secondary N) is 4. The van der Waals surface area contributed by atoms with E-state index >= 15 is 0 Å². The molecule has 1 saturated carbocycles. The van der Waals surface area contributed by atoms with Gasteiger partial charge in [0, 0.05) is 37.3 Å². The molecule has 2 heterocycles. The molecule has 0 spiro atoms. The zero-order chi connectivity index (χ0) is 17.2. The maximum absolute atomic E-state index is 5.90. The molecule has 1 aliphatic heterocycles. The van der Waals surface area contributed by atoms with Crippen LogP contribution in [0, 0.1) is 0 Å². The van der Waals surface area contributed by atoms with Gasteiger partial charge in [-0.15, -0.1) is 0 Å². The standard InChI is InChI=1S/C17H24N8/c1-25(16-8-15(19-10-20-16)13-6-14(18)7-13)9-11-3-2-4-12(5-11)17-21-23-24-22-17/h2-5,8,10,13-14,17,21-24H,6-7,9,18H2,1H3. The highest BCUT2D eigenvalue weighted by Gasteiger charge is 2.28. The summed E-state index contributed by atoms with van der Waals surface area (Å²) in [5.41, 5.74) is 21.3. The second-order valence-electron chi connectivity index (χ2n) is 6.80. The third kappa shape index (κ3) is 3.63. The summed E-state index contributed by atoms with van der Waals surface area (Å²) in [4.78, 5) is 11.0. The molecule has 1 aromatic heterocycles. The fourth-order valence-corrected chi connectivity index (χ4v) is 3.34. The summed E-state index contributed by atoms with van der Waals surface area (Å²) in [5, 5.41) is 0. The summed E-state index contributed by atoms with van der Waals surface area (Å²) in [6.07, 6.45) is 3.74. The van der Waals surface area contributed by atoms with Crippen LogP contribution >= 0.6 is 0 Å². The first-order valence-corrected chi connectivity index (χ1v) is 8.57. The molecule has 1 aliphatic carbocycles. The minimum absolute atomic E-state index is 0.0405. The molecular formula is C17H24N8. The van der Waals surface area contributed by atoms with Crippen LogP contribution in [-0.2, 0) is 6.54 Å². The van der Waals surface area contributed by atoms with E-state index in [1.54, 1.807) is 6.33 Å². The quantitative estimate of drug-likeness (QED) is 0.534. The van der Waals surface area contributed by atoms with E-state index in [9.17, 15) is 0 Å². The van der Waals surface area contributed by atoms with E-state index in [-0.39, 0.29) is 6.17 Å². The largest absolute Gasteiger partial charge is 0.355 e. The average Bonchev–Trinajstić information content (AvgIpc) is 3.14. The summed E-state index contributed by atoms with van der Waals surface area (Å²) in [6.45, 7) is 0.780. The lowest BCUT2D eigenvalue weighted by Crippen LogP contribution is -2.35. The van der Waals surface area contributed by atoms with Crippen molar-refractivity contribution in [3.8, 4) is 0 Å². The summed E-state index contributed by atoms with van der Waals surface area (Å²) < 4.78 is 0. The van der Waals surface area contributed by atoms with E-state index in [4.69, 9.17) is 5.73 Å². The maximum Gasteiger partial charge on any atom is 0.132 e. The molecule has 25 heavy (non-hydrogen) atoms. The Morgan fingerprint density at radius 3 is 2.72 bits per heavy atom. The Morgan fingerprint density at radius 2 is 1.96 bits per heavy atom. The zero-order valence-electron chi connectivity index (χ0n) is 14.2. The molecule has 2 aliphatic rings. The Hall–Kier alpha value is -2.10. The van der Waals surface area contributed by atoms with Gasteiger partial charge in [-0.1, -0.05) is 24.3 Å². The Balaban J connectivity index is 1.45.